The van der Waals surface area contributed by atoms with Crippen molar-refractivity contribution in [1.82, 2.24) is 9.88 Å². The van der Waals surface area contributed by atoms with Gasteiger partial charge in [0.2, 0.25) is 6.41 Å². The third-order valence-corrected chi connectivity index (χ3v) is 2.48. The van der Waals surface area contributed by atoms with Crippen LogP contribution in [0.15, 0.2) is 18.8 Å². The van der Waals surface area contributed by atoms with Crippen molar-refractivity contribution >= 4 is 12.5 Å². The standard InChI is InChI=1S/C11H12N2O/c1-2-9-5-10-7-13(8-14)4-3-11(10)12-6-9/h2,5-6,8H,1,3-4,7H2. The van der Waals surface area contributed by atoms with E-state index < -0.39 is 0 Å². The second kappa shape index (κ2) is 3.62. The molecule has 3 nitrogen and oxygen atoms in total. The molecule has 3 heteroatoms. The number of carbonyl (C=O) groups is 1. The van der Waals surface area contributed by atoms with Gasteiger partial charge in [0.1, 0.15) is 0 Å². The van der Waals surface area contributed by atoms with Gasteiger partial charge in [-0.2, -0.15) is 0 Å². The second-order valence-corrected chi connectivity index (χ2v) is 3.40. The highest BCUT2D eigenvalue weighted by Gasteiger charge is 2.15. The summed E-state index contributed by atoms with van der Waals surface area (Å²) in [6.45, 7) is 5.14. The van der Waals surface area contributed by atoms with Crippen LogP contribution in [0.5, 0.6) is 0 Å². The molecule has 1 aliphatic heterocycles. The van der Waals surface area contributed by atoms with Crippen LogP contribution in [0.1, 0.15) is 16.8 Å². The number of rotatable bonds is 2. The zero-order valence-corrected chi connectivity index (χ0v) is 7.94. The van der Waals surface area contributed by atoms with E-state index in [0.717, 1.165) is 36.2 Å². The first-order chi connectivity index (χ1) is 6.83. The molecule has 1 amide bonds. The van der Waals surface area contributed by atoms with Crippen LogP contribution in [-0.2, 0) is 17.8 Å². The van der Waals surface area contributed by atoms with Crippen LogP contribution in [0.25, 0.3) is 6.08 Å². The summed E-state index contributed by atoms with van der Waals surface area (Å²) in [4.78, 5) is 16.7. The molecule has 0 unspecified atom stereocenters. The molecule has 2 rings (SSSR count). The van der Waals surface area contributed by atoms with Crippen molar-refractivity contribution < 1.29 is 4.79 Å². The lowest BCUT2D eigenvalue weighted by molar-refractivity contribution is -0.118. The SMILES string of the molecule is C=Cc1cnc2c(c1)CN(C=O)CC2. The average Bonchev–Trinajstić information content (AvgIpc) is 2.27. The lowest BCUT2D eigenvalue weighted by atomic mass is 10.0. The van der Waals surface area contributed by atoms with Crippen molar-refractivity contribution in [3.8, 4) is 0 Å². The third-order valence-electron chi connectivity index (χ3n) is 2.48. The van der Waals surface area contributed by atoms with E-state index in [1.807, 2.05) is 12.3 Å². The maximum absolute atomic E-state index is 10.6. The Labute approximate surface area is 83.1 Å². The second-order valence-electron chi connectivity index (χ2n) is 3.40. The van der Waals surface area contributed by atoms with Crippen LogP contribution in [0.4, 0.5) is 0 Å². The molecule has 0 radical (unpaired) electrons. The van der Waals surface area contributed by atoms with Gasteiger partial charge in [-0.05, 0) is 17.2 Å². The van der Waals surface area contributed by atoms with E-state index in [0.29, 0.717) is 6.54 Å². The first kappa shape index (κ1) is 8.94. The third kappa shape index (κ3) is 1.53. The topological polar surface area (TPSA) is 33.2 Å². The molecule has 0 saturated heterocycles. The molecule has 0 N–H and O–H groups in total. The fourth-order valence-electron chi connectivity index (χ4n) is 1.67. The average molecular weight is 188 g/mol. The molecule has 0 aliphatic carbocycles. The molecule has 1 aliphatic rings. The van der Waals surface area contributed by atoms with Crippen molar-refractivity contribution in [1.29, 1.82) is 0 Å². The zero-order valence-electron chi connectivity index (χ0n) is 7.94. The van der Waals surface area contributed by atoms with Gasteiger partial charge in [0, 0.05) is 31.4 Å². The smallest absolute Gasteiger partial charge is 0.210 e. The molecule has 0 atom stereocenters. The number of nitrogens with zero attached hydrogens (tertiary/aromatic N) is 2. The molecule has 2 heterocycles. The van der Waals surface area contributed by atoms with Crippen LogP contribution < -0.4 is 0 Å². The van der Waals surface area contributed by atoms with Crippen molar-refractivity contribution in [3.05, 3.63) is 35.7 Å². The quantitative estimate of drug-likeness (QED) is 0.654. The molecule has 72 valence electrons. The van der Waals surface area contributed by atoms with Crippen LogP contribution in [-0.4, -0.2) is 22.8 Å². The molecule has 0 spiro atoms. The van der Waals surface area contributed by atoms with Gasteiger partial charge in [0.05, 0.1) is 0 Å². The minimum Gasteiger partial charge on any atom is -0.340 e. The van der Waals surface area contributed by atoms with E-state index >= 15 is 0 Å². The van der Waals surface area contributed by atoms with Crippen LogP contribution in [0.2, 0.25) is 0 Å². The largest absolute Gasteiger partial charge is 0.340 e. The van der Waals surface area contributed by atoms with E-state index in [2.05, 4.69) is 11.6 Å². The summed E-state index contributed by atoms with van der Waals surface area (Å²) in [6, 6.07) is 2.05. The van der Waals surface area contributed by atoms with Crippen molar-refractivity contribution in [2.24, 2.45) is 0 Å². The number of carbonyl (C=O) groups excluding carboxylic acids is 1. The van der Waals surface area contributed by atoms with Crippen LogP contribution in [0.3, 0.4) is 0 Å². The summed E-state index contributed by atoms with van der Waals surface area (Å²) < 4.78 is 0. The predicted octanol–water partition coefficient (Wildman–Crippen LogP) is 1.24. The number of hydrogen-bond donors (Lipinski definition) is 0. The van der Waals surface area contributed by atoms with E-state index in [1.165, 1.54) is 0 Å². The maximum Gasteiger partial charge on any atom is 0.210 e. The minimum absolute atomic E-state index is 0.674. The minimum atomic E-state index is 0.674. The normalized spacial score (nSPS) is 14.7. The molecule has 14 heavy (non-hydrogen) atoms. The molecular weight excluding hydrogens is 176 g/mol. The van der Waals surface area contributed by atoms with Gasteiger partial charge >= 0.3 is 0 Å². The fraction of sp³-hybridized carbons (Fsp3) is 0.273. The van der Waals surface area contributed by atoms with Gasteiger partial charge in [-0.1, -0.05) is 12.7 Å². The van der Waals surface area contributed by atoms with E-state index in [9.17, 15) is 4.79 Å². The van der Waals surface area contributed by atoms with Gasteiger partial charge in [0.25, 0.3) is 0 Å². The highest BCUT2D eigenvalue weighted by Crippen LogP contribution is 2.17. The Kier molecular flexibility index (Phi) is 2.31. The van der Waals surface area contributed by atoms with Gasteiger partial charge < -0.3 is 4.90 Å². The van der Waals surface area contributed by atoms with Gasteiger partial charge in [0.15, 0.2) is 0 Å². The van der Waals surface area contributed by atoms with Gasteiger partial charge in [-0.3, -0.25) is 9.78 Å². The van der Waals surface area contributed by atoms with E-state index in [1.54, 1.807) is 11.0 Å². The van der Waals surface area contributed by atoms with Gasteiger partial charge in [-0.15, -0.1) is 0 Å². The highest BCUT2D eigenvalue weighted by atomic mass is 16.1. The van der Waals surface area contributed by atoms with E-state index in [-0.39, 0.29) is 0 Å². The molecule has 0 saturated carbocycles. The molecule has 1 aromatic rings. The van der Waals surface area contributed by atoms with Crippen LogP contribution >= 0.6 is 0 Å². The van der Waals surface area contributed by atoms with Crippen LogP contribution in [0, 0.1) is 0 Å². The Morgan fingerprint density at radius 1 is 1.57 bits per heavy atom. The summed E-state index contributed by atoms with van der Waals surface area (Å²) in [5.74, 6) is 0. The molecule has 0 aromatic carbocycles. The monoisotopic (exact) mass is 188 g/mol. The molecule has 0 bridgehead atoms. The van der Waals surface area contributed by atoms with Gasteiger partial charge in [-0.25, -0.2) is 0 Å². The first-order valence-corrected chi connectivity index (χ1v) is 4.63. The summed E-state index contributed by atoms with van der Waals surface area (Å²) in [5.41, 5.74) is 3.26. The Morgan fingerprint density at radius 3 is 3.14 bits per heavy atom. The molecule has 0 fully saturated rings. The van der Waals surface area contributed by atoms with E-state index in [4.69, 9.17) is 0 Å². The Morgan fingerprint density at radius 2 is 2.43 bits per heavy atom. The number of amides is 1. The zero-order chi connectivity index (χ0) is 9.97. The fourth-order valence-corrected chi connectivity index (χ4v) is 1.67. The summed E-state index contributed by atoms with van der Waals surface area (Å²) in [6.07, 6.45) is 5.34. The predicted molar refractivity (Wildman–Crippen MR) is 54.5 cm³/mol. The van der Waals surface area contributed by atoms with Crippen molar-refractivity contribution in [3.63, 3.8) is 0 Å². The number of fused-ring (bicyclic) bond motifs is 1. The number of aromatic nitrogens is 1. The lowest BCUT2D eigenvalue weighted by Gasteiger charge is -2.24. The first-order valence-electron chi connectivity index (χ1n) is 4.63. The number of pyridine rings is 1. The Hall–Kier alpha value is -1.64. The summed E-state index contributed by atoms with van der Waals surface area (Å²) in [5, 5.41) is 0. The van der Waals surface area contributed by atoms with Crippen molar-refractivity contribution in [2.75, 3.05) is 6.54 Å². The molecule has 1 aromatic heterocycles. The summed E-state index contributed by atoms with van der Waals surface area (Å²) in [7, 11) is 0. The lowest BCUT2D eigenvalue weighted by Crippen LogP contribution is -2.29. The number of hydrogen-bond acceptors (Lipinski definition) is 2. The Bertz CT molecular complexity index is 374. The summed E-state index contributed by atoms with van der Waals surface area (Å²) >= 11 is 0. The highest BCUT2D eigenvalue weighted by molar-refractivity contribution is 5.51. The van der Waals surface area contributed by atoms with Crippen molar-refractivity contribution in [2.45, 2.75) is 13.0 Å². The Balaban J connectivity index is 2.33. The maximum atomic E-state index is 10.6. The molecular formula is C11H12N2O.